The van der Waals surface area contributed by atoms with E-state index in [9.17, 15) is 52.7 Å². The summed E-state index contributed by atoms with van der Waals surface area (Å²) in [6.07, 6.45) is 22.1. The Morgan fingerprint density at radius 3 is 0.211 bits per heavy atom. The van der Waals surface area contributed by atoms with Crippen molar-refractivity contribution in [3.63, 3.8) is 0 Å². The Morgan fingerprint density at radius 2 is 0.200 bits per heavy atom. The zero-order valence-corrected chi connectivity index (χ0v) is 63.6. The molecular weight excluding hydrogens is 1170 g/mol. The first kappa shape index (κ1) is 122. The molecule has 0 saturated heterocycles. The lowest BCUT2D eigenvalue weighted by atomic mass is 10.2. The van der Waals surface area contributed by atoms with Crippen molar-refractivity contribution in [1.82, 2.24) is 0 Å². The molecule has 0 aliphatic heterocycles. The topological polar surface area (TPSA) is 289 Å². The quantitative estimate of drug-likeness (QED) is 0.0521. The van der Waals surface area contributed by atoms with E-state index >= 15 is 0 Å². The van der Waals surface area contributed by atoms with Crippen molar-refractivity contribution in [3.8, 4) is 0 Å². The van der Waals surface area contributed by atoms with Gasteiger partial charge in [-0.25, -0.2) is 0 Å². The van der Waals surface area contributed by atoms with Crippen molar-refractivity contribution in [3.05, 3.63) is 0 Å². The molecule has 0 fully saturated rings. The van der Waals surface area contributed by atoms with E-state index in [0.29, 0.717) is 72.7 Å². The highest BCUT2D eigenvalue weighted by Gasteiger charge is 1.88. The van der Waals surface area contributed by atoms with E-state index in [2.05, 4.69) is 107 Å². The van der Waals surface area contributed by atoms with Crippen LogP contribution >= 0.6 is 0 Å². The highest BCUT2D eigenvalue weighted by molar-refractivity contribution is 5.68. The number of unbranched alkanes of at least 4 members (excludes halogenated alkanes) is 12. The van der Waals surface area contributed by atoms with Crippen molar-refractivity contribution < 1.29 is 105 Å². The minimum Gasteiger partial charge on any atom is -0.466 e. The minimum atomic E-state index is -0.211. The van der Waals surface area contributed by atoms with E-state index in [0.717, 1.165) is 0 Å². The van der Waals surface area contributed by atoms with E-state index < -0.39 is 0 Å². The predicted molar refractivity (Wildman–Crippen MR) is 365 cm³/mol. The molecule has 548 valence electrons. The Kier molecular flexibility index (Phi) is 179. The maximum Gasteiger partial charge on any atom is 0.302 e. The zero-order valence-electron chi connectivity index (χ0n) is 63.6. The molecule has 0 aromatic carbocycles. The van der Waals surface area contributed by atoms with Crippen LogP contribution in [0.5, 0.6) is 0 Å². The molecule has 0 aromatic heterocycles. The van der Waals surface area contributed by atoms with Crippen molar-refractivity contribution in [2.24, 2.45) is 0 Å². The van der Waals surface area contributed by atoms with Gasteiger partial charge in [0.2, 0.25) is 0 Å². The Bertz CT molecular complexity index is 1070. The van der Waals surface area contributed by atoms with Gasteiger partial charge in [-0.15, -0.1) is 0 Å². The van der Waals surface area contributed by atoms with Crippen LogP contribution in [-0.4, -0.2) is 138 Å². The van der Waals surface area contributed by atoms with Crippen LogP contribution < -0.4 is 0 Å². The maximum absolute atomic E-state index is 9.82. The summed E-state index contributed by atoms with van der Waals surface area (Å²) in [6.45, 7) is 58.0. The lowest BCUT2D eigenvalue weighted by Gasteiger charge is -1.89. The lowest BCUT2D eigenvalue weighted by Crippen LogP contribution is -1.95. The molecule has 22 nitrogen and oxygen atoms in total. The summed E-state index contributed by atoms with van der Waals surface area (Å²) in [4.78, 5) is 108. The highest BCUT2D eigenvalue weighted by Crippen LogP contribution is 1.97. The molecule has 0 N–H and O–H groups in total. The van der Waals surface area contributed by atoms with E-state index in [1.165, 1.54) is 179 Å². The second-order valence-electron chi connectivity index (χ2n) is 17.0. The molecular formula is C68H144O22. The molecule has 0 bridgehead atoms. The summed E-state index contributed by atoms with van der Waals surface area (Å²) in [5, 5.41) is 0. The van der Waals surface area contributed by atoms with Crippen molar-refractivity contribution in [2.75, 3.05) is 72.7 Å². The number of carbonyl (C=O) groups is 11. The van der Waals surface area contributed by atoms with E-state index in [-0.39, 0.29) is 65.7 Å². The average Bonchev–Trinajstić information content (AvgIpc) is 3.43. The molecule has 0 spiro atoms. The Morgan fingerprint density at radius 1 is 0.144 bits per heavy atom. The summed E-state index contributed by atoms with van der Waals surface area (Å²) >= 11 is 0. The SMILES string of the molecule is CCCCCC.CCCCCC.CCCCCC.CCCCCC.CCOC(C)=O.CCOC(C)=O.CCOC(C)=O.CCOC(C)=O.CCOC(C)=O.CCOC(C)=O.CCOC(C)=O.CCOC(C)=O.CCOC(C)=O.CCOC(C)=O.CCOC(C)=O. The van der Waals surface area contributed by atoms with Gasteiger partial charge in [0.1, 0.15) is 0 Å². The summed E-state index contributed by atoms with van der Waals surface area (Å²) in [6, 6.07) is 0. The van der Waals surface area contributed by atoms with Gasteiger partial charge in [-0.2, -0.15) is 0 Å². The predicted octanol–water partition coefficient (Wildman–Crippen LogP) is 16.6. The fourth-order valence-corrected chi connectivity index (χ4v) is 4.24. The number of ether oxygens (including phenoxy) is 11. The van der Waals surface area contributed by atoms with E-state index in [1.54, 1.807) is 76.2 Å². The van der Waals surface area contributed by atoms with Crippen molar-refractivity contribution >= 4 is 65.7 Å². The third kappa shape index (κ3) is 353. The number of rotatable bonds is 23. The molecule has 22 heteroatoms. The number of hydrogen-bond acceptors (Lipinski definition) is 22. The van der Waals surface area contributed by atoms with Gasteiger partial charge in [0, 0.05) is 76.2 Å². The summed E-state index contributed by atoms with van der Waals surface area (Å²) in [5.74, 6) is -2.32. The largest absolute Gasteiger partial charge is 0.466 e. The van der Waals surface area contributed by atoms with Crippen LogP contribution in [0.25, 0.3) is 0 Å². The fourth-order valence-electron chi connectivity index (χ4n) is 4.24. The van der Waals surface area contributed by atoms with Gasteiger partial charge in [0.25, 0.3) is 0 Å². The van der Waals surface area contributed by atoms with Crippen molar-refractivity contribution in [1.29, 1.82) is 0 Å². The summed E-state index contributed by atoms with van der Waals surface area (Å²) in [7, 11) is 0. The van der Waals surface area contributed by atoms with Crippen LogP contribution in [0.4, 0.5) is 0 Å². The minimum absolute atomic E-state index is 0.211. The Labute approximate surface area is 551 Å². The van der Waals surface area contributed by atoms with Gasteiger partial charge in [-0.3, -0.25) is 52.7 Å². The number of carbonyl (C=O) groups excluding carboxylic acids is 11. The molecule has 0 radical (unpaired) electrons. The molecule has 0 rings (SSSR count). The van der Waals surface area contributed by atoms with E-state index in [1.807, 2.05) is 0 Å². The monoisotopic (exact) mass is 1310 g/mol. The third-order valence-electron chi connectivity index (χ3n) is 7.65. The van der Waals surface area contributed by atoms with Crippen molar-refractivity contribution in [2.45, 2.75) is 310 Å². The number of esters is 11. The average molecular weight is 1310 g/mol. The smallest absolute Gasteiger partial charge is 0.302 e. The van der Waals surface area contributed by atoms with Gasteiger partial charge in [0.15, 0.2) is 0 Å². The third-order valence-corrected chi connectivity index (χ3v) is 7.65. The first-order valence-electron chi connectivity index (χ1n) is 32.6. The van der Waals surface area contributed by atoms with Crippen LogP contribution in [0.3, 0.4) is 0 Å². The second kappa shape index (κ2) is 132. The van der Waals surface area contributed by atoms with Gasteiger partial charge in [-0.05, 0) is 76.2 Å². The molecule has 0 saturated carbocycles. The molecule has 0 heterocycles. The first-order valence-corrected chi connectivity index (χ1v) is 32.6. The molecule has 0 aliphatic rings. The Hall–Kier alpha value is -5.83. The molecule has 0 aliphatic carbocycles. The zero-order chi connectivity index (χ0) is 74.2. The summed E-state index contributed by atoms with van der Waals surface area (Å²) in [5.41, 5.74) is 0. The van der Waals surface area contributed by atoms with Gasteiger partial charge >= 0.3 is 65.7 Å². The summed E-state index contributed by atoms with van der Waals surface area (Å²) < 4.78 is 48.4. The van der Waals surface area contributed by atoms with E-state index in [4.69, 9.17) is 0 Å². The molecule has 0 aromatic rings. The van der Waals surface area contributed by atoms with Crippen LogP contribution in [0, 0.1) is 0 Å². The first-order chi connectivity index (χ1) is 42.1. The Balaban J connectivity index is -0.0000000515. The fraction of sp³-hybridized carbons (Fsp3) is 0.838. The molecule has 0 atom stereocenters. The maximum atomic E-state index is 9.82. The second-order valence-corrected chi connectivity index (χ2v) is 17.0. The van der Waals surface area contributed by atoms with Gasteiger partial charge in [-0.1, -0.05) is 158 Å². The van der Waals surface area contributed by atoms with Gasteiger partial charge in [0.05, 0.1) is 72.7 Å². The molecule has 0 amide bonds. The van der Waals surface area contributed by atoms with Crippen LogP contribution in [0.1, 0.15) is 310 Å². The highest BCUT2D eigenvalue weighted by atomic mass is 16.6. The molecule has 0 unspecified atom stereocenters. The molecule has 90 heavy (non-hydrogen) atoms. The van der Waals surface area contributed by atoms with Gasteiger partial charge < -0.3 is 52.1 Å². The standard InChI is InChI=1S/4C6H14.11C4H8O2/c4*1-3-5-6-4-2;11*1-3-6-4(2)5/h4*3-6H2,1-2H3;11*3H2,1-2H3. The normalized spacial score (nSPS) is 8.02. The number of hydrogen-bond donors (Lipinski definition) is 0. The van der Waals surface area contributed by atoms with Crippen LogP contribution in [0.15, 0.2) is 0 Å². The van der Waals surface area contributed by atoms with Crippen LogP contribution in [0.2, 0.25) is 0 Å². The lowest BCUT2D eigenvalue weighted by molar-refractivity contribution is -0.141. The van der Waals surface area contributed by atoms with Crippen LogP contribution in [-0.2, 0) is 105 Å².